The Morgan fingerprint density at radius 3 is 3.06 bits per heavy atom. The topological polar surface area (TPSA) is 27.8 Å². The first-order valence-electron chi connectivity index (χ1n) is 6.79. The third-order valence-electron chi connectivity index (χ3n) is 3.71. The molecule has 1 aliphatic carbocycles. The Morgan fingerprint density at radius 2 is 2.22 bits per heavy atom. The van der Waals surface area contributed by atoms with Crippen LogP contribution in [-0.4, -0.2) is 11.5 Å². The van der Waals surface area contributed by atoms with Crippen LogP contribution >= 0.6 is 11.6 Å². The maximum absolute atomic E-state index is 5.97. The summed E-state index contributed by atoms with van der Waals surface area (Å²) in [6.07, 6.45) is 7.71. The van der Waals surface area contributed by atoms with Crippen LogP contribution in [0.1, 0.15) is 31.2 Å². The van der Waals surface area contributed by atoms with Gasteiger partial charge in [-0.05, 0) is 43.0 Å². The van der Waals surface area contributed by atoms with Crippen LogP contribution in [0.2, 0.25) is 5.02 Å². The summed E-state index contributed by atoms with van der Waals surface area (Å²) < 4.78 is 0. The van der Waals surface area contributed by atoms with Crippen molar-refractivity contribution in [2.45, 2.75) is 32.2 Å². The lowest BCUT2D eigenvalue weighted by molar-refractivity contribution is 0.595. The van der Waals surface area contributed by atoms with Gasteiger partial charge in [-0.3, -0.25) is 0 Å². The molecule has 0 amide bonds. The van der Waals surface area contributed by atoms with Crippen LogP contribution in [0.3, 0.4) is 0 Å². The van der Waals surface area contributed by atoms with Crippen molar-refractivity contribution in [3.8, 4) is 0 Å². The standard InChI is InChI=1S/C15H19ClN2/c16-13-5-6-14-12(10-18-15(14)8-13)9-17-7-1-2-11-3-4-11/h5-6,8,10-11,17-18H,1-4,7,9H2. The lowest BCUT2D eigenvalue weighted by Gasteiger charge is -2.03. The summed E-state index contributed by atoms with van der Waals surface area (Å²) in [6.45, 7) is 2.06. The average molecular weight is 263 g/mol. The van der Waals surface area contributed by atoms with E-state index in [0.29, 0.717) is 0 Å². The predicted octanol–water partition coefficient (Wildman–Crippen LogP) is 4.10. The summed E-state index contributed by atoms with van der Waals surface area (Å²) in [6, 6.07) is 6.02. The van der Waals surface area contributed by atoms with Gasteiger partial charge in [-0.25, -0.2) is 0 Å². The Hall–Kier alpha value is -0.990. The normalized spacial score (nSPS) is 15.4. The number of benzene rings is 1. The predicted molar refractivity (Wildman–Crippen MR) is 77.0 cm³/mol. The summed E-state index contributed by atoms with van der Waals surface area (Å²) in [5.41, 5.74) is 2.45. The van der Waals surface area contributed by atoms with Crippen LogP contribution in [0.5, 0.6) is 0 Å². The van der Waals surface area contributed by atoms with Gasteiger partial charge in [-0.1, -0.05) is 30.5 Å². The third-order valence-corrected chi connectivity index (χ3v) is 3.94. The van der Waals surface area contributed by atoms with Crippen LogP contribution in [0.4, 0.5) is 0 Å². The van der Waals surface area contributed by atoms with Crippen molar-refractivity contribution >= 4 is 22.5 Å². The van der Waals surface area contributed by atoms with E-state index in [4.69, 9.17) is 11.6 Å². The van der Waals surface area contributed by atoms with E-state index in [9.17, 15) is 0 Å². The molecule has 0 radical (unpaired) electrons. The van der Waals surface area contributed by atoms with Gasteiger partial charge in [0.1, 0.15) is 0 Å². The van der Waals surface area contributed by atoms with Crippen molar-refractivity contribution in [2.24, 2.45) is 5.92 Å². The Kier molecular flexibility index (Phi) is 3.57. The lowest BCUT2D eigenvalue weighted by Crippen LogP contribution is -2.14. The first-order chi connectivity index (χ1) is 8.83. The molecular formula is C15H19ClN2. The number of aromatic amines is 1. The molecule has 3 heteroatoms. The van der Waals surface area contributed by atoms with Gasteiger partial charge in [-0.2, -0.15) is 0 Å². The van der Waals surface area contributed by atoms with Gasteiger partial charge in [0.05, 0.1) is 0 Å². The first kappa shape index (κ1) is 12.1. The number of hydrogen-bond donors (Lipinski definition) is 2. The molecule has 1 heterocycles. The highest BCUT2D eigenvalue weighted by atomic mass is 35.5. The molecular weight excluding hydrogens is 244 g/mol. The molecule has 18 heavy (non-hydrogen) atoms. The smallest absolute Gasteiger partial charge is 0.0472 e. The molecule has 96 valence electrons. The van der Waals surface area contributed by atoms with Gasteiger partial charge < -0.3 is 10.3 Å². The first-order valence-corrected chi connectivity index (χ1v) is 7.17. The minimum absolute atomic E-state index is 0.785. The molecule has 0 bridgehead atoms. The van der Waals surface area contributed by atoms with Crippen LogP contribution in [0.25, 0.3) is 10.9 Å². The van der Waals surface area contributed by atoms with Crippen molar-refractivity contribution in [1.82, 2.24) is 10.3 Å². The molecule has 0 unspecified atom stereocenters. The second kappa shape index (κ2) is 5.33. The molecule has 0 atom stereocenters. The van der Waals surface area contributed by atoms with Crippen LogP contribution in [0, 0.1) is 5.92 Å². The number of rotatable bonds is 6. The lowest BCUT2D eigenvalue weighted by atomic mass is 10.1. The molecule has 1 saturated carbocycles. The second-order valence-electron chi connectivity index (χ2n) is 5.27. The largest absolute Gasteiger partial charge is 0.361 e. The van der Waals surface area contributed by atoms with E-state index in [2.05, 4.69) is 22.6 Å². The quantitative estimate of drug-likeness (QED) is 0.754. The fourth-order valence-corrected chi connectivity index (χ4v) is 2.62. The number of halogens is 1. The minimum Gasteiger partial charge on any atom is -0.361 e. The van der Waals surface area contributed by atoms with Crippen LogP contribution in [0.15, 0.2) is 24.4 Å². The molecule has 0 saturated heterocycles. The monoisotopic (exact) mass is 262 g/mol. The molecule has 0 aliphatic heterocycles. The number of fused-ring (bicyclic) bond motifs is 1. The summed E-state index contributed by atoms with van der Waals surface area (Å²) in [7, 11) is 0. The fourth-order valence-electron chi connectivity index (χ4n) is 2.45. The van der Waals surface area contributed by atoms with E-state index < -0.39 is 0 Å². The third kappa shape index (κ3) is 2.88. The molecule has 0 spiro atoms. The zero-order valence-electron chi connectivity index (χ0n) is 10.5. The van der Waals surface area contributed by atoms with Crippen molar-refractivity contribution in [1.29, 1.82) is 0 Å². The maximum atomic E-state index is 5.97. The van der Waals surface area contributed by atoms with Crippen molar-refractivity contribution in [3.63, 3.8) is 0 Å². The van der Waals surface area contributed by atoms with Crippen molar-refractivity contribution in [2.75, 3.05) is 6.54 Å². The van der Waals surface area contributed by atoms with Gasteiger partial charge in [0.25, 0.3) is 0 Å². The second-order valence-corrected chi connectivity index (χ2v) is 5.70. The SMILES string of the molecule is Clc1ccc2c(CNCCCC3CC3)c[nH]c2c1. The Balaban J connectivity index is 1.53. The molecule has 3 rings (SSSR count). The molecule has 1 aromatic carbocycles. The average Bonchev–Trinajstić information content (AvgIpc) is 3.10. The van der Waals surface area contributed by atoms with Gasteiger partial charge in [-0.15, -0.1) is 0 Å². The highest BCUT2D eigenvalue weighted by Gasteiger charge is 2.19. The van der Waals surface area contributed by atoms with E-state index in [1.807, 2.05) is 12.1 Å². The summed E-state index contributed by atoms with van der Waals surface area (Å²) in [4.78, 5) is 3.27. The number of H-pyrrole nitrogens is 1. The summed E-state index contributed by atoms with van der Waals surface area (Å²) in [5, 5.41) is 5.58. The Bertz CT molecular complexity index is 528. The number of hydrogen-bond acceptors (Lipinski definition) is 1. The van der Waals surface area contributed by atoms with Gasteiger partial charge in [0.15, 0.2) is 0 Å². The van der Waals surface area contributed by atoms with E-state index in [1.54, 1.807) is 0 Å². The molecule has 2 N–H and O–H groups in total. The minimum atomic E-state index is 0.785. The number of aromatic nitrogens is 1. The highest BCUT2D eigenvalue weighted by molar-refractivity contribution is 6.31. The highest BCUT2D eigenvalue weighted by Crippen LogP contribution is 2.33. The van der Waals surface area contributed by atoms with E-state index in [0.717, 1.165) is 29.5 Å². The number of nitrogens with one attached hydrogen (secondary N) is 2. The Morgan fingerprint density at radius 1 is 1.33 bits per heavy atom. The molecule has 1 aromatic heterocycles. The van der Waals surface area contributed by atoms with E-state index >= 15 is 0 Å². The zero-order valence-corrected chi connectivity index (χ0v) is 11.3. The van der Waals surface area contributed by atoms with E-state index in [-0.39, 0.29) is 0 Å². The summed E-state index contributed by atoms with van der Waals surface area (Å²) in [5.74, 6) is 1.04. The zero-order chi connectivity index (χ0) is 12.4. The maximum Gasteiger partial charge on any atom is 0.0472 e. The van der Waals surface area contributed by atoms with E-state index in [1.165, 1.54) is 36.6 Å². The Labute approximate surface area is 113 Å². The molecule has 2 aromatic rings. The van der Waals surface area contributed by atoms with Crippen LogP contribution in [-0.2, 0) is 6.54 Å². The van der Waals surface area contributed by atoms with Gasteiger partial charge >= 0.3 is 0 Å². The van der Waals surface area contributed by atoms with Crippen molar-refractivity contribution < 1.29 is 0 Å². The van der Waals surface area contributed by atoms with Gasteiger partial charge in [0.2, 0.25) is 0 Å². The van der Waals surface area contributed by atoms with Crippen LogP contribution < -0.4 is 5.32 Å². The fraction of sp³-hybridized carbons (Fsp3) is 0.467. The molecule has 1 fully saturated rings. The molecule has 1 aliphatic rings. The molecule has 2 nitrogen and oxygen atoms in total. The van der Waals surface area contributed by atoms with Gasteiger partial charge in [0, 0.05) is 28.7 Å². The van der Waals surface area contributed by atoms with Crippen molar-refractivity contribution in [3.05, 3.63) is 35.0 Å². The summed E-state index contributed by atoms with van der Waals surface area (Å²) >= 11 is 5.97.